The van der Waals surface area contributed by atoms with Gasteiger partial charge in [0.15, 0.2) is 0 Å². The topological polar surface area (TPSA) is 70.3 Å². The maximum atomic E-state index is 11.0. The molecule has 1 rings (SSSR count). The van der Waals surface area contributed by atoms with Crippen LogP contribution in [-0.4, -0.2) is 18.2 Å². The molecule has 17 heavy (non-hydrogen) atoms. The largest absolute Gasteiger partial charge is 0.495 e. The van der Waals surface area contributed by atoms with Gasteiger partial charge in [-0.05, 0) is 11.5 Å². The first kappa shape index (κ1) is 13.0. The van der Waals surface area contributed by atoms with Gasteiger partial charge in [-0.25, -0.2) is 4.79 Å². The second-order valence-corrected chi connectivity index (χ2v) is 4.74. The Morgan fingerprint density at radius 3 is 2.35 bits per heavy atom. The molecule has 0 saturated carbocycles. The van der Waals surface area contributed by atoms with Crippen molar-refractivity contribution >= 4 is 5.97 Å². The van der Waals surface area contributed by atoms with Crippen LogP contribution >= 0.6 is 0 Å². The van der Waals surface area contributed by atoms with Gasteiger partial charge in [0.25, 0.3) is 0 Å². The van der Waals surface area contributed by atoms with E-state index in [0.29, 0.717) is 5.75 Å². The minimum Gasteiger partial charge on any atom is -0.495 e. The summed E-state index contributed by atoms with van der Waals surface area (Å²) < 4.78 is 5.20. The highest BCUT2D eigenvalue weighted by Gasteiger charge is 2.24. The standard InChI is InChI=1S/C13H15NO3/c1-13(2,3)10-6-5-8(12(15)16)9(7-14)11(10)17-4/h5-6H,1-4H3,(H,15,16). The van der Waals surface area contributed by atoms with Crippen molar-refractivity contribution in [3.63, 3.8) is 0 Å². The van der Waals surface area contributed by atoms with Crippen LogP contribution in [0.4, 0.5) is 0 Å². The summed E-state index contributed by atoms with van der Waals surface area (Å²) >= 11 is 0. The van der Waals surface area contributed by atoms with E-state index >= 15 is 0 Å². The monoisotopic (exact) mass is 233 g/mol. The van der Waals surface area contributed by atoms with E-state index in [9.17, 15) is 4.79 Å². The Morgan fingerprint density at radius 2 is 2.00 bits per heavy atom. The molecule has 1 N–H and O–H groups in total. The summed E-state index contributed by atoms with van der Waals surface area (Å²) in [6.45, 7) is 5.94. The first-order valence-electron chi connectivity index (χ1n) is 5.17. The van der Waals surface area contributed by atoms with Crippen LogP contribution in [0.15, 0.2) is 12.1 Å². The number of nitriles is 1. The number of carbonyl (C=O) groups is 1. The number of aromatic carboxylic acids is 1. The molecule has 0 spiro atoms. The number of ether oxygens (including phenoxy) is 1. The average molecular weight is 233 g/mol. The third-order valence-electron chi connectivity index (χ3n) is 2.51. The number of benzene rings is 1. The number of carboxylic acid groups (broad SMARTS) is 1. The second kappa shape index (κ2) is 4.46. The van der Waals surface area contributed by atoms with E-state index in [1.54, 1.807) is 6.07 Å². The Morgan fingerprint density at radius 1 is 1.41 bits per heavy atom. The molecule has 0 amide bonds. The van der Waals surface area contributed by atoms with Gasteiger partial charge in [0.2, 0.25) is 0 Å². The summed E-state index contributed by atoms with van der Waals surface area (Å²) in [4.78, 5) is 11.0. The molecule has 0 heterocycles. The highest BCUT2D eigenvalue weighted by molar-refractivity contribution is 5.92. The first-order chi connectivity index (χ1) is 7.82. The van der Waals surface area contributed by atoms with E-state index in [0.717, 1.165) is 5.56 Å². The fraction of sp³-hybridized carbons (Fsp3) is 0.385. The Labute approximate surface area is 100 Å². The van der Waals surface area contributed by atoms with Crippen LogP contribution in [0.2, 0.25) is 0 Å². The molecular weight excluding hydrogens is 218 g/mol. The van der Waals surface area contributed by atoms with Crippen molar-refractivity contribution in [1.29, 1.82) is 5.26 Å². The van der Waals surface area contributed by atoms with Crippen LogP contribution in [0.25, 0.3) is 0 Å². The van der Waals surface area contributed by atoms with E-state index in [1.165, 1.54) is 13.2 Å². The van der Waals surface area contributed by atoms with E-state index in [2.05, 4.69) is 0 Å². The maximum absolute atomic E-state index is 11.0. The maximum Gasteiger partial charge on any atom is 0.337 e. The molecule has 0 radical (unpaired) electrons. The summed E-state index contributed by atoms with van der Waals surface area (Å²) in [6.07, 6.45) is 0. The van der Waals surface area contributed by atoms with E-state index < -0.39 is 5.97 Å². The molecular formula is C13H15NO3. The van der Waals surface area contributed by atoms with Gasteiger partial charge in [-0.1, -0.05) is 26.8 Å². The fourth-order valence-electron chi connectivity index (χ4n) is 1.67. The molecule has 4 heteroatoms. The normalized spacial score (nSPS) is 10.8. The van der Waals surface area contributed by atoms with E-state index in [4.69, 9.17) is 15.1 Å². The lowest BCUT2D eigenvalue weighted by Crippen LogP contribution is -2.15. The summed E-state index contributed by atoms with van der Waals surface area (Å²) in [5.41, 5.74) is 0.653. The number of rotatable bonds is 2. The molecule has 0 aliphatic rings. The second-order valence-electron chi connectivity index (χ2n) is 4.74. The van der Waals surface area contributed by atoms with E-state index in [1.807, 2.05) is 26.8 Å². The molecule has 0 aromatic heterocycles. The Hall–Kier alpha value is -2.02. The Balaban J connectivity index is 3.62. The quantitative estimate of drug-likeness (QED) is 0.852. The lowest BCUT2D eigenvalue weighted by molar-refractivity contribution is 0.0696. The van der Waals surface area contributed by atoms with Crippen LogP contribution < -0.4 is 4.74 Å². The zero-order valence-electron chi connectivity index (χ0n) is 10.4. The lowest BCUT2D eigenvalue weighted by atomic mass is 9.84. The van der Waals surface area contributed by atoms with Crippen LogP contribution in [0.1, 0.15) is 42.3 Å². The molecule has 0 aliphatic carbocycles. The zero-order chi connectivity index (χ0) is 13.2. The van der Waals surface area contributed by atoms with Gasteiger partial charge in [0.1, 0.15) is 17.4 Å². The Bertz CT molecular complexity index is 493. The summed E-state index contributed by atoms with van der Waals surface area (Å²) in [5.74, 6) is -0.778. The smallest absolute Gasteiger partial charge is 0.337 e. The zero-order valence-corrected chi connectivity index (χ0v) is 10.4. The van der Waals surface area contributed by atoms with Crippen molar-refractivity contribution in [2.75, 3.05) is 7.11 Å². The molecule has 0 saturated heterocycles. The predicted octanol–water partition coefficient (Wildman–Crippen LogP) is 2.56. The van der Waals surface area contributed by atoms with Crippen molar-refractivity contribution in [3.8, 4) is 11.8 Å². The minimum absolute atomic E-state index is 0.0302. The highest BCUT2D eigenvalue weighted by atomic mass is 16.5. The van der Waals surface area contributed by atoms with Gasteiger partial charge in [-0.15, -0.1) is 0 Å². The molecule has 0 atom stereocenters. The molecule has 0 unspecified atom stereocenters. The van der Waals surface area contributed by atoms with Gasteiger partial charge in [-0.3, -0.25) is 0 Å². The molecule has 0 aliphatic heterocycles. The van der Waals surface area contributed by atoms with Crippen molar-refractivity contribution in [2.24, 2.45) is 0 Å². The Kier molecular flexibility index (Phi) is 3.42. The molecule has 0 fully saturated rings. The minimum atomic E-state index is -1.12. The van der Waals surface area contributed by atoms with Gasteiger partial charge in [-0.2, -0.15) is 5.26 Å². The summed E-state index contributed by atoms with van der Waals surface area (Å²) in [7, 11) is 1.44. The van der Waals surface area contributed by atoms with Gasteiger partial charge >= 0.3 is 5.97 Å². The SMILES string of the molecule is COc1c(C(C)(C)C)ccc(C(=O)O)c1C#N. The van der Waals surface area contributed by atoms with Crippen molar-refractivity contribution < 1.29 is 14.6 Å². The van der Waals surface area contributed by atoms with Crippen molar-refractivity contribution in [2.45, 2.75) is 26.2 Å². The predicted molar refractivity (Wildman–Crippen MR) is 63.4 cm³/mol. The third kappa shape index (κ3) is 2.39. The summed E-state index contributed by atoms with van der Waals surface area (Å²) in [6, 6.07) is 5.05. The first-order valence-corrected chi connectivity index (χ1v) is 5.17. The van der Waals surface area contributed by atoms with E-state index in [-0.39, 0.29) is 16.5 Å². The number of hydrogen-bond donors (Lipinski definition) is 1. The number of hydrogen-bond acceptors (Lipinski definition) is 3. The summed E-state index contributed by atoms with van der Waals surface area (Å²) in [5, 5.41) is 18.1. The fourth-order valence-corrected chi connectivity index (χ4v) is 1.67. The average Bonchev–Trinajstić information content (AvgIpc) is 2.25. The molecule has 4 nitrogen and oxygen atoms in total. The highest BCUT2D eigenvalue weighted by Crippen LogP contribution is 2.35. The number of nitrogens with zero attached hydrogens (tertiary/aromatic N) is 1. The van der Waals surface area contributed by atoms with Crippen LogP contribution in [0.3, 0.4) is 0 Å². The van der Waals surface area contributed by atoms with Crippen molar-refractivity contribution in [1.82, 2.24) is 0 Å². The van der Waals surface area contributed by atoms with Crippen molar-refractivity contribution in [3.05, 3.63) is 28.8 Å². The number of carboxylic acids is 1. The van der Waals surface area contributed by atoms with Gasteiger partial charge in [0, 0.05) is 5.56 Å². The van der Waals surface area contributed by atoms with Gasteiger partial charge in [0.05, 0.1) is 12.7 Å². The van der Waals surface area contributed by atoms with Crippen LogP contribution in [0, 0.1) is 11.3 Å². The molecule has 1 aromatic rings. The molecule has 0 bridgehead atoms. The van der Waals surface area contributed by atoms with Gasteiger partial charge < -0.3 is 9.84 Å². The molecule has 90 valence electrons. The van der Waals surface area contributed by atoms with Crippen LogP contribution in [0.5, 0.6) is 5.75 Å². The molecule has 1 aromatic carbocycles. The van der Waals surface area contributed by atoms with Crippen LogP contribution in [-0.2, 0) is 5.41 Å². The lowest BCUT2D eigenvalue weighted by Gasteiger charge is -2.23. The number of methoxy groups -OCH3 is 1. The third-order valence-corrected chi connectivity index (χ3v) is 2.51.